The summed E-state index contributed by atoms with van der Waals surface area (Å²) in [5, 5.41) is 14.7. The summed E-state index contributed by atoms with van der Waals surface area (Å²) in [5.41, 5.74) is 3.14. The molecule has 0 aromatic heterocycles. The summed E-state index contributed by atoms with van der Waals surface area (Å²) < 4.78 is 6.81. The van der Waals surface area contributed by atoms with Crippen LogP contribution in [-0.2, 0) is 17.8 Å². The number of amides is 1. The van der Waals surface area contributed by atoms with Crippen LogP contribution in [0.4, 0.5) is 0 Å². The molecule has 0 heterocycles. The van der Waals surface area contributed by atoms with E-state index in [1.54, 1.807) is 6.08 Å². The maximum Gasteiger partial charge on any atom is 0.261 e. The van der Waals surface area contributed by atoms with E-state index in [9.17, 15) is 10.1 Å². The van der Waals surface area contributed by atoms with Crippen LogP contribution in [-0.4, -0.2) is 12.5 Å². The van der Waals surface area contributed by atoms with Crippen LogP contribution in [0.15, 0.2) is 101 Å². The number of halogens is 1. The minimum absolute atomic E-state index is 0.0704. The summed E-state index contributed by atoms with van der Waals surface area (Å²) in [7, 11) is 0. The standard InChI is InChI=1S/C30H25BrN2O2/c31-28-19-23(18-26(20-32)30(34)33-17-7-10-22-8-2-1-3-9-22)15-16-29(28)35-21-25-13-6-12-24-11-4-5-14-27(24)25/h1-6,8-9,11-16,18-19H,7,10,17,21H2,(H,33,34)/b26-18-. The molecular formula is C30H25BrN2O2. The Bertz CT molecular complexity index is 1390. The van der Waals surface area contributed by atoms with Crippen LogP contribution in [0.3, 0.4) is 0 Å². The fourth-order valence-electron chi connectivity index (χ4n) is 3.85. The largest absolute Gasteiger partial charge is 0.488 e. The van der Waals surface area contributed by atoms with Crippen LogP contribution in [0.2, 0.25) is 0 Å². The summed E-state index contributed by atoms with van der Waals surface area (Å²) in [6.07, 6.45) is 3.27. The monoisotopic (exact) mass is 524 g/mol. The van der Waals surface area contributed by atoms with Crippen molar-refractivity contribution in [2.24, 2.45) is 0 Å². The number of hydrogen-bond acceptors (Lipinski definition) is 3. The number of fused-ring (bicyclic) bond motifs is 1. The molecule has 1 amide bonds. The van der Waals surface area contributed by atoms with Gasteiger partial charge in [0.05, 0.1) is 4.47 Å². The van der Waals surface area contributed by atoms with Crippen molar-refractivity contribution in [3.8, 4) is 11.8 Å². The topological polar surface area (TPSA) is 62.1 Å². The molecule has 0 radical (unpaired) electrons. The lowest BCUT2D eigenvalue weighted by Crippen LogP contribution is -2.25. The molecule has 0 saturated carbocycles. The molecule has 4 nitrogen and oxygen atoms in total. The highest BCUT2D eigenvalue weighted by Crippen LogP contribution is 2.29. The molecule has 0 atom stereocenters. The van der Waals surface area contributed by atoms with Crippen LogP contribution in [0.5, 0.6) is 5.75 Å². The number of benzene rings is 4. The maximum absolute atomic E-state index is 12.5. The van der Waals surface area contributed by atoms with Gasteiger partial charge in [-0.1, -0.05) is 78.9 Å². The number of nitrogens with zero attached hydrogens (tertiary/aromatic N) is 1. The van der Waals surface area contributed by atoms with Crippen molar-refractivity contribution < 1.29 is 9.53 Å². The minimum atomic E-state index is -0.368. The lowest BCUT2D eigenvalue weighted by molar-refractivity contribution is -0.117. The summed E-state index contributed by atoms with van der Waals surface area (Å²) in [4.78, 5) is 12.5. The van der Waals surface area contributed by atoms with Gasteiger partial charge in [-0.3, -0.25) is 4.79 Å². The van der Waals surface area contributed by atoms with Crippen LogP contribution in [0, 0.1) is 11.3 Å². The molecule has 0 fully saturated rings. The second-order valence-electron chi connectivity index (χ2n) is 8.13. The molecule has 0 aliphatic rings. The normalized spacial score (nSPS) is 11.1. The number of ether oxygens (including phenoxy) is 1. The van der Waals surface area contributed by atoms with Crippen molar-refractivity contribution in [2.45, 2.75) is 19.4 Å². The first-order valence-electron chi connectivity index (χ1n) is 11.5. The number of nitrogens with one attached hydrogen (secondary N) is 1. The maximum atomic E-state index is 12.5. The highest BCUT2D eigenvalue weighted by Gasteiger charge is 2.10. The zero-order chi connectivity index (χ0) is 24.5. The van der Waals surface area contributed by atoms with E-state index in [-0.39, 0.29) is 11.5 Å². The van der Waals surface area contributed by atoms with Gasteiger partial charge in [0.15, 0.2) is 0 Å². The Morgan fingerprint density at radius 1 is 0.971 bits per heavy atom. The molecule has 0 unspecified atom stereocenters. The van der Waals surface area contributed by atoms with Gasteiger partial charge < -0.3 is 10.1 Å². The van der Waals surface area contributed by atoms with E-state index in [1.807, 2.05) is 60.7 Å². The Morgan fingerprint density at radius 2 is 1.74 bits per heavy atom. The van der Waals surface area contributed by atoms with E-state index in [0.717, 1.165) is 28.4 Å². The van der Waals surface area contributed by atoms with Crippen LogP contribution >= 0.6 is 15.9 Å². The predicted molar refractivity (Wildman–Crippen MR) is 144 cm³/mol. The SMILES string of the molecule is N#C/C(=C/c1ccc(OCc2cccc3ccccc23)c(Br)c1)C(=O)NCCCc1ccccc1. The number of nitriles is 1. The van der Waals surface area contributed by atoms with Crippen molar-refractivity contribution in [3.63, 3.8) is 0 Å². The average Bonchev–Trinajstić information content (AvgIpc) is 2.89. The van der Waals surface area contributed by atoms with Gasteiger partial charge in [-0.2, -0.15) is 5.26 Å². The molecule has 0 aliphatic heterocycles. The summed E-state index contributed by atoms with van der Waals surface area (Å²) in [5.74, 6) is 0.326. The van der Waals surface area contributed by atoms with E-state index >= 15 is 0 Å². The first kappa shape index (κ1) is 24.3. The van der Waals surface area contributed by atoms with Crippen molar-refractivity contribution in [2.75, 3.05) is 6.54 Å². The van der Waals surface area contributed by atoms with Gasteiger partial charge in [0, 0.05) is 6.54 Å². The van der Waals surface area contributed by atoms with E-state index in [1.165, 1.54) is 16.3 Å². The third-order valence-corrected chi connectivity index (χ3v) is 6.29. The molecule has 0 spiro atoms. The fourth-order valence-corrected chi connectivity index (χ4v) is 4.36. The van der Waals surface area contributed by atoms with Gasteiger partial charge in [0.25, 0.3) is 5.91 Å². The third-order valence-electron chi connectivity index (χ3n) is 5.67. The molecule has 4 aromatic carbocycles. The first-order valence-corrected chi connectivity index (χ1v) is 12.3. The molecule has 4 aromatic rings. The molecule has 5 heteroatoms. The Hall–Kier alpha value is -3.88. The number of hydrogen-bond donors (Lipinski definition) is 1. The number of aryl methyl sites for hydroxylation is 1. The molecule has 174 valence electrons. The smallest absolute Gasteiger partial charge is 0.261 e. The van der Waals surface area contributed by atoms with Crippen LogP contribution in [0.1, 0.15) is 23.1 Å². The number of rotatable bonds is 9. The van der Waals surface area contributed by atoms with Gasteiger partial charge in [-0.25, -0.2) is 0 Å². The van der Waals surface area contributed by atoms with E-state index in [0.29, 0.717) is 18.9 Å². The van der Waals surface area contributed by atoms with Gasteiger partial charge >= 0.3 is 0 Å². The molecule has 35 heavy (non-hydrogen) atoms. The summed E-state index contributed by atoms with van der Waals surface area (Å²) in [6, 6.07) is 32.0. The highest BCUT2D eigenvalue weighted by molar-refractivity contribution is 9.10. The summed E-state index contributed by atoms with van der Waals surface area (Å²) in [6.45, 7) is 0.946. The number of carbonyl (C=O) groups is 1. The van der Waals surface area contributed by atoms with E-state index in [2.05, 4.69) is 57.6 Å². The average molecular weight is 525 g/mol. The fraction of sp³-hybridized carbons (Fsp3) is 0.133. The summed E-state index contributed by atoms with van der Waals surface area (Å²) >= 11 is 3.56. The van der Waals surface area contributed by atoms with Crippen molar-refractivity contribution in [3.05, 3.63) is 118 Å². The molecule has 0 aliphatic carbocycles. The zero-order valence-corrected chi connectivity index (χ0v) is 20.8. The van der Waals surface area contributed by atoms with Crippen molar-refractivity contribution in [1.82, 2.24) is 5.32 Å². The molecule has 0 bridgehead atoms. The quantitative estimate of drug-likeness (QED) is 0.148. The predicted octanol–water partition coefficient (Wildman–Crippen LogP) is 6.84. The Morgan fingerprint density at radius 3 is 2.54 bits per heavy atom. The minimum Gasteiger partial charge on any atom is -0.488 e. The van der Waals surface area contributed by atoms with Crippen molar-refractivity contribution >= 4 is 38.7 Å². The van der Waals surface area contributed by atoms with Crippen LogP contribution in [0.25, 0.3) is 16.8 Å². The van der Waals surface area contributed by atoms with E-state index in [4.69, 9.17) is 4.74 Å². The second-order valence-corrected chi connectivity index (χ2v) is 8.99. The van der Waals surface area contributed by atoms with Gasteiger partial charge in [0.2, 0.25) is 0 Å². The number of carbonyl (C=O) groups excluding carboxylic acids is 1. The lowest BCUT2D eigenvalue weighted by Gasteiger charge is -2.11. The van der Waals surface area contributed by atoms with E-state index < -0.39 is 0 Å². The first-order chi connectivity index (χ1) is 17.1. The van der Waals surface area contributed by atoms with Gasteiger partial charge in [0.1, 0.15) is 24.0 Å². The lowest BCUT2D eigenvalue weighted by atomic mass is 10.1. The van der Waals surface area contributed by atoms with Crippen molar-refractivity contribution in [1.29, 1.82) is 5.26 Å². The van der Waals surface area contributed by atoms with Crippen LogP contribution < -0.4 is 10.1 Å². The zero-order valence-electron chi connectivity index (χ0n) is 19.2. The molecule has 4 rings (SSSR count). The van der Waals surface area contributed by atoms with Gasteiger partial charge in [-0.05, 0) is 74.4 Å². The Kier molecular flexibility index (Phi) is 8.32. The second kappa shape index (κ2) is 12.0. The molecule has 0 saturated heterocycles. The molecular weight excluding hydrogens is 500 g/mol. The third kappa shape index (κ3) is 6.59. The Labute approximate surface area is 214 Å². The Balaban J connectivity index is 1.36. The molecule has 1 N–H and O–H groups in total. The highest BCUT2D eigenvalue weighted by atomic mass is 79.9. The van der Waals surface area contributed by atoms with Gasteiger partial charge in [-0.15, -0.1) is 0 Å².